The Bertz CT molecular complexity index is 406. The highest BCUT2D eigenvalue weighted by molar-refractivity contribution is 9.10. The minimum atomic E-state index is -0.595. The normalized spacial score (nSPS) is 13.0. The van der Waals surface area contributed by atoms with Gasteiger partial charge in [-0.1, -0.05) is 13.8 Å². The highest BCUT2D eigenvalue weighted by Crippen LogP contribution is 1.98. The molecule has 0 spiro atoms. The number of rotatable bonds is 6. The van der Waals surface area contributed by atoms with Gasteiger partial charge < -0.3 is 10.4 Å². The second kappa shape index (κ2) is 6.88. The van der Waals surface area contributed by atoms with Crippen molar-refractivity contribution in [3.8, 4) is 0 Å². The van der Waals surface area contributed by atoms with E-state index in [0.717, 1.165) is 6.54 Å². The molecule has 1 rings (SSSR count). The molecule has 1 aromatic heterocycles. The molecule has 0 saturated carbocycles. The van der Waals surface area contributed by atoms with Crippen LogP contribution in [0.25, 0.3) is 0 Å². The number of halogens is 1. The highest BCUT2D eigenvalue weighted by atomic mass is 79.9. The van der Waals surface area contributed by atoms with Crippen LogP contribution in [0.15, 0.2) is 21.8 Å². The van der Waals surface area contributed by atoms with Crippen LogP contribution >= 0.6 is 15.9 Å². The largest absolute Gasteiger partial charge is 0.390 e. The summed E-state index contributed by atoms with van der Waals surface area (Å²) in [6.45, 7) is 5.76. The van der Waals surface area contributed by atoms with E-state index >= 15 is 0 Å². The zero-order chi connectivity index (χ0) is 12.8. The van der Waals surface area contributed by atoms with E-state index in [9.17, 15) is 9.90 Å². The molecule has 1 aromatic rings. The average molecular weight is 304 g/mol. The molecule has 0 amide bonds. The van der Waals surface area contributed by atoms with Gasteiger partial charge in [0.15, 0.2) is 0 Å². The fraction of sp³-hybridized carbons (Fsp3) is 0.636. The standard InChI is InChI=1S/C11H18BrN3O2/c1-8(2)3-13-4-9(16)6-15-7-14-5-10(12)11(15)17/h5,7-9,13,16H,3-4,6H2,1-2H3. The van der Waals surface area contributed by atoms with Gasteiger partial charge in [0.1, 0.15) is 4.47 Å². The fourth-order valence-corrected chi connectivity index (χ4v) is 1.73. The van der Waals surface area contributed by atoms with Crippen LogP contribution in [0.3, 0.4) is 0 Å². The molecule has 17 heavy (non-hydrogen) atoms. The minimum absolute atomic E-state index is 0.178. The lowest BCUT2D eigenvalue weighted by Crippen LogP contribution is -2.35. The third kappa shape index (κ3) is 4.97. The Morgan fingerprint density at radius 1 is 1.53 bits per heavy atom. The summed E-state index contributed by atoms with van der Waals surface area (Å²) in [5.74, 6) is 0.539. The van der Waals surface area contributed by atoms with Crippen molar-refractivity contribution in [2.45, 2.75) is 26.5 Å². The van der Waals surface area contributed by atoms with Gasteiger partial charge in [-0.2, -0.15) is 0 Å². The third-order valence-corrected chi connectivity index (χ3v) is 2.74. The molecule has 0 aliphatic heterocycles. The van der Waals surface area contributed by atoms with Gasteiger partial charge in [0.05, 0.1) is 19.0 Å². The monoisotopic (exact) mass is 303 g/mol. The van der Waals surface area contributed by atoms with Gasteiger partial charge >= 0.3 is 0 Å². The van der Waals surface area contributed by atoms with Crippen LogP contribution in [0.4, 0.5) is 0 Å². The third-order valence-electron chi connectivity index (χ3n) is 2.20. The van der Waals surface area contributed by atoms with Crippen molar-refractivity contribution >= 4 is 15.9 Å². The van der Waals surface area contributed by atoms with Crippen molar-refractivity contribution in [3.05, 3.63) is 27.4 Å². The molecule has 2 N–H and O–H groups in total. The molecule has 0 saturated heterocycles. The fourth-order valence-electron chi connectivity index (χ4n) is 1.38. The lowest BCUT2D eigenvalue weighted by molar-refractivity contribution is 0.148. The summed E-state index contributed by atoms with van der Waals surface area (Å²) in [6, 6.07) is 0. The maximum absolute atomic E-state index is 11.6. The molecule has 96 valence electrons. The Labute approximate surface area is 109 Å². The van der Waals surface area contributed by atoms with Gasteiger partial charge in [0.2, 0.25) is 0 Å². The van der Waals surface area contributed by atoms with Crippen LogP contribution in [-0.4, -0.2) is 33.9 Å². The summed E-state index contributed by atoms with van der Waals surface area (Å²) in [5, 5.41) is 12.9. The maximum Gasteiger partial charge on any atom is 0.267 e. The number of nitrogens with one attached hydrogen (secondary N) is 1. The van der Waals surface area contributed by atoms with E-state index in [2.05, 4.69) is 40.1 Å². The number of hydrogen-bond donors (Lipinski definition) is 2. The van der Waals surface area contributed by atoms with Gasteiger partial charge in [-0.25, -0.2) is 4.98 Å². The molecule has 0 fully saturated rings. The van der Waals surface area contributed by atoms with Crippen molar-refractivity contribution in [3.63, 3.8) is 0 Å². The quantitative estimate of drug-likeness (QED) is 0.808. The van der Waals surface area contributed by atoms with Crippen molar-refractivity contribution in [2.75, 3.05) is 13.1 Å². The highest BCUT2D eigenvalue weighted by Gasteiger charge is 2.08. The van der Waals surface area contributed by atoms with Crippen molar-refractivity contribution in [2.24, 2.45) is 5.92 Å². The zero-order valence-corrected chi connectivity index (χ0v) is 11.6. The molecule has 0 aliphatic rings. The van der Waals surface area contributed by atoms with E-state index in [4.69, 9.17) is 0 Å². The van der Waals surface area contributed by atoms with Crippen LogP contribution in [0.2, 0.25) is 0 Å². The van der Waals surface area contributed by atoms with Gasteiger partial charge in [-0.15, -0.1) is 0 Å². The van der Waals surface area contributed by atoms with Crippen LogP contribution in [0.5, 0.6) is 0 Å². The molecular weight excluding hydrogens is 286 g/mol. The van der Waals surface area contributed by atoms with Crippen LogP contribution in [0, 0.1) is 5.92 Å². The summed E-state index contributed by atoms with van der Waals surface area (Å²) in [7, 11) is 0. The van der Waals surface area contributed by atoms with Crippen molar-refractivity contribution in [1.29, 1.82) is 0 Å². The topological polar surface area (TPSA) is 67.2 Å². The zero-order valence-electron chi connectivity index (χ0n) is 10.1. The molecule has 1 unspecified atom stereocenters. The minimum Gasteiger partial charge on any atom is -0.390 e. The average Bonchev–Trinajstić information content (AvgIpc) is 2.24. The Hall–Kier alpha value is -0.720. The summed E-state index contributed by atoms with van der Waals surface area (Å²) >= 11 is 3.11. The molecule has 0 aliphatic carbocycles. The second-order valence-electron chi connectivity index (χ2n) is 4.41. The van der Waals surface area contributed by atoms with E-state index in [1.165, 1.54) is 17.1 Å². The molecule has 6 heteroatoms. The number of nitrogens with zero attached hydrogens (tertiary/aromatic N) is 2. The number of aliphatic hydroxyl groups is 1. The molecule has 0 bridgehead atoms. The van der Waals surface area contributed by atoms with E-state index in [-0.39, 0.29) is 12.1 Å². The van der Waals surface area contributed by atoms with Crippen LogP contribution in [-0.2, 0) is 6.54 Å². The second-order valence-corrected chi connectivity index (χ2v) is 5.26. The van der Waals surface area contributed by atoms with Gasteiger partial charge in [0, 0.05) is 12.7 Å². The van der Waals surface area contributed by atoms with Gasteiger partial charge in [-0.3, -0.25) is 9.36 Å². The molecule has 0 aromatic carbocycles. The Morgan fingerprint density at radius 3 is 2.88 bits per heavy atom. The first-order valence-corrected chi connectivity index (χ1v) is 6.38. The SMILES string of the molecule is CC(C)CNCC(O)Cn1cncc(Br)c1=O. The number of aliphatic hydroxyl groups excluding tert-OH is 1. The van der Waals surface area contributed by atoms with E-state index < -0.39 is 6.10 Å². The Balaban J connectivity index is 2.48. The predicted octanol–water partition coefficient (Wildman–Crippen LogP) is 0.612. The van der Waals surface area contributed by atoms with Gasteiger partial charge in [0.25, 0.3) is 5.56 Å². The summed E-state index contributed by atoms with van der Waals surface area (Å²) in [6.07, 6.45) is 2.28. The van der Waals surface area contributed by atoms with Crippen LogP contribution in [0.1, 0.15) is 13.8 Å². The molecule has 1 heterocycles. The molecule has 0 radical (unpaired) electrons. The molecule has 5 nitrogen and oxygen atoms in total. The van der Waals surface area contributed by atoms with E-state index in [0.29, 0.717) is 16.9 Å². The first-order chi connectivity index (χ1) is 8.00. The van der Waals surface area contributed by atoms with Crippen molar-refractivity contribution in [1.82, 2.24) is 14.9 Å². The smallest absolute Gasteiger partial charge is 0.267 e. The first-order valence-electron chi connectivity index (χ1n) is 5.59. The molecular formula is C11H18BrN3O2. The summed E-state index contributed by atoms with van der Waals surface area (Å²) in [4.78, 5) is 15.5. The summed E-state index contributed by atoms with van der Waals surface area (Å²) in [5.41, 5.74) is -0.178. The van der Waals surface area contributed by atoms with Crippen molar-refractivity contribution < 1.29 is 5.11 Å². The lowest BCUT2D eigenvalue weighted by Gasteiger charge is -2.14. The number of aromatic nitrogens is 2. The predicted molar refractivity (Wildman–Crippen MR) is 69.9 cm³/mol. The lowest BCUT2D eigenvalue weighted by atomic mass is 10.2. The van der Waals surface area contributed by atoms with Gasteiger partial charge in [-0.05, 0) is 28.4 Å². The van der Waals surface area contributed by atoms with E-state index in [1.54, 1.807) is 0 Å². The Morgan fingerprint density at radius 2 is 2.24 bits per heavy atom. The summed E-state index contributed by atoms with van der Waals surface area (Å²) < 4.78 is 1.80. The number of hydrogen-bond acceptors (Lipinski definition) is 4. The van der Waals surface area contributed by atoms with Crippen LogP contribution < -0.4 is 10.9 Å². The Kier molecular flexibility index (Phi) is 5.80. The maximum atomic E-state index is 11.6. The molecule has 1 atom stereocenters. The van der Waals surface area contributed by atoms with E-state index in [1.807, 2.05) is 0 Å². The first kappa shape index (κ1) is 14.3.